The fraction of sp³-hybridized carbons (Fsp3) is 0. The zero-order valence-corrected chi connectivity index (χ0v) is 7.14. The third-order valence-electron chi connectivity index (χ3n) is 1.90. The number of carbonyl (C=O) groups is 1. The standard InChI is InChI=1S/C8H8N4O2/c9-4-1-2-6-5(3-4)11-7(10)12(6)8(13)14/h1-3H,9H2,(H2,10,11)(H,13,14). The molecule has 1 aromatic carbocycles. The minimum Gasteiger partial charge on any atom is -0.464 e. The fourth-order valence-electron chi connectivity index (χ4n) is 1.32. The van der Waals surface area contributed by atoms with Crippen LogP contribution in [0.1, 0.15) is 0 Å². The molecule has 0 atom stereocenters. The summed E-state index contributed by atoms with van der Waals surface area (Å²) < 4.78 is 0.911. The molecular weight excluding hydrogens is 184 g/mol. The number of nitrogens with zero attached hydrogens (tertiary/aromatic N) is 2. The minimum atomic E-state index is -1.16. The van der Waals surface area contributed by atoms with Gasteiger partial charge in [-0.25, -0.2) is 14.3 Å². The summed E-state index contributed by atoms with van der Waals surface area (Å²) in [6.45, 7) is 0. The van der Waals surface area contributed by atoms with Crippen LogP contribution in [0.4, 0.5) is 16.4 Å². The molecule has 1 heterocycles. The monoisotopic (exact) mass is 192 g/mol. The van der Waals surface area contributed by atoms with E-state index in [1.165, 1.54) is 0 Å². The second-order valence-electron chi connectivity index (χ2n) is 2.84. The van der Waals surface area contributed by atoms with Gasteiger partial charge in [0.2, 0.25) is 5.95 Å². The number of benzene rings is 1. The third-order valence-corrected chi connectivity index (χ3v) is 1.90. The summed E-state index contributed by atoms with van der Waals surface area (Å²) in [6.07, 6.45) is -1.16. The maximum Gasteiger partial charge on any atom is 0.418 e. The smallest absolute Gasteiger partial charge is 0.418 e. The number of aromatic nitrogens is 2. The highest BCUT2D eigenvalue weighted by Crippen LogP contribution is 2.19. The molecule has 0 aliphatic heterocycles. The van der Waals surface area contributed by atoms with Gasteiger partial charge in [-0.3, -0.25) is 0 Å². The average molecular weight is 192 g/mol. The number of nitrogen functional groups attached to an aromatic ring is 2. The molecule has 0 spiro atoms. The Labute approximate surface area is 78.8 Å². The predicted molar refractivity (Wildman–Crippen MR) is 52.0 cm³/mol. The lowest BCUT2D eigenvalue weighted by Crippen LogP contribution is -2.10. The van der Waals surface area contributed by atoms with Gasteiger partial charge >= 0.3 is 6.09 Å². The number of imidazole rings is 1. The SMILES string of the molecule is Nc1ccc2c(c1)nc(N)n2C(=O)O. The van der Waals surface area contributed by atoms with Crippen LogP contribution >= 0.6 is 0 Å². The van der Waals surface area contributed by atoms with Crippen molar-refractivity contribution in [2.24, 2.45) is 0 Å². The van der Waals surface area contributed by atoms with Crippen LogP contribution in [0.15, 0.2) is 18.2 Å². The molecule has 0 aliphatic rings. The van der Waals surface area contributed by atoms with Crippen molar-refractivity contribution in [3.8, 4) is 0 Å². The van der Waals surface area contributed by atoms with Crippen molar-refractivity contribution in [2.45, 2.75) is 0 Å². The van der Waals surface area contributed by atoms with E-state index >= 15 is 0 Å². The molecule has 2 rings (SSSR count). The topological polar surface area (TPSA) is 107 Å². The molecule has 0 fully saturated rings. The molecule has 6 nitrogen and oxygen atoms in total. The van der Waals surface area contributed by atoms with Gasteiger partial charge in [-0.15, -0.1) is 0 Å². The lowest BCUT2D eigenvalue weighted by atomic mass is 10.3. The number of nitrogens with two attached hydrogens (primary N) is 2. The highest BCUT2D eigenvalue weighted by atomic mass is 16.4. The first-order chi connectivity index (χ1) is 6.59. The summed E-state index contributed by atoms with van der Waals surface area (Å²) in [5, 5.41) is 8.83. The van der Waals surface area contributed by atoms with E-state index < -0.39 is 6.09 Å². The molecule has 2 aromatic rings. The van der Waals surface area contributed by atoms with E-state index in [1.54, 1.807) is 18.2 Å². The largest absolute Gasteiger partial charge is 0.464 e. The molecule has 6 heteroatoms. The predicted octanol–water partition coefficient (Wildman–Crippen LogP) is 0.727. The Morgan fingerprint density at radius 3 is 2.79 bits per heavy atom. The summed E-state index contributed by atoms with van der Waals surface area (Å²) >= 11 is 0. The quantitative estimate of drug-likeness (QED) is 0.533. The Balaban J connectivity index is 2.84. The number of hydrogen-bond acceptors (Lipinski definition) is 4. The van der Waals surface area contributed by atoms with Crippen LogP contribution in [0.25, 0.3) is 11.0 Å². The molecule has 14 heavy (non-hydrogen) atoms. The lowest BCUT2D eigenvalue weighted by Gasteiger charge is -1.97. The van der Waals surface area contributed by atoms with E-state index in [9.17, 15) is 4.79 Å². The zero-order chi connectivity index (χ0) is 10.3. The van der Waals surface area contributed by atoms with Crippen LogP contribution in [0.5, 0.6) is 0 Å². The number of anilines is 2. The van der Waals surface area contributed by atoms with Crippen LogP contribution in [0, 0.1) is 0 Å². The van der Waals surface area contributed by atoms with Gasteiger partial charge in [-0.1, -0.05) is 0 Å². The Bertz CT molecular complexity index is 517. The fourth-order valence-corrected chi connectivity index (χ4v) is 1.32. The van der Waals surface area contributed by atoms with Gasteiger partial charge in [-0.2, -0.15) is 0 Å². The number of hydrogen-bond donors (Lipinski definition) is 3. The molecule has 0 bridgehead atoms. The molecule has 5 N–H and O–H groups in total. The van der Waals surface area contributed by atoms with Crippen molar-refractivity contribution in [2.75, 3.05) is 11.5 Å². The highest BCUT2D eigenvalue weighted by molar-refractivity contribution is 5.90. The van der Waals surface area contributed by atoms with E-state index in [0.717, 1.165) is 4.57 Å². The van der Waals surface area contributed by atoms with Crippen LogP contribution in [-0.4, -0.2) is 20.8 Å². The van der Waals surface area contributed by atoms with Gasteiger partial charge in [-0.05, 0) is 18.2 Å². The minimum absolute atomic E-state index is 0.0573. The van der Waals surface area contributed by atoms with Gasteiger partial charge in [0.05, 0.1) is 11.0 Å². The summed E-state index contributed by atoms with van der Waals surface area (Å²) in [7, 11) is 0. The normalized spacial score (nSPS) is 10.6. The van der Waals surface area contributed by atoms with Crippen LogP contribution < -0.4 is 11.5 Å². The number of rotatable bonds is 0. The Morgan fingerprint density at radius 1 is 1.43 bits per heavy atom. The molecule has 0 saturated heterocycles. The van der Waals surface area contributed by atoms with Crippen molar-refractivity contribution in [1.82, 2.24) is 9.55 Å². The summed E-state index contributed by atoms with van der Waals surface area (Å²) in [4.78, 5) is 14.7. The molecular formula is C8H8N4O2. The first kappa shape index (κ1) is 8.36. The third kappa shape index (κ3) is 1.05. The van der Waals surface area contributed by atoms with E-state index in [0.29, 0.717) is 16.7 Å². The summed E-state index contributed by atoms with van der Waals surface area (Å²) in [5.41, 5.74) is 12.4. The van der Waals surface area contributed by atoms with E-state index in [-0.39, 0.29) is 5.95 Å². The van der Waals surface area contributed by atoms with Crippen molar-refractivity contribution in [3.63, 3.8) is 0 Å². The lowest BCUT2D eigenvalue weighted by molar-refractivity contribution is 0.198. The number of carboxylic acid groups (broad SMARTS) is 1. The molecule has 1 aromatic heterocycles. The van der Waals surface area contributed by atoms with Crippen molar-refractivity contribution >= 4 is 28.8 Å². The summed E-state index contributed by atoms with van der Waals surface area (Å²) in [5.74, 6) is -0.0573. The second kappa shape index (κ2) is 2.63. The van der Waals surface area contributed by atoms with Crippen LogP contribution in [-0.2, 0) is 0 Å². The van der Waals surface area contributed by atoms with E-state index in [1.807, 2.05) is 0 Å². The molecule has 0 aliphatic carbocycles. The first-order valence-electron chi connectivity index (χ1n) is 3.86. The second-order valence-corrected chi connectivity index (χ2v) is 2.84. The molecule has 0 unspecified atom stereocenters. The van der Waals surface area contributed by atoms with Gasteiger partial charge < -0.3 is 16.6 Å². The molecule has 0 radical (unpaired) electrons. The van der Waals surface area contributed by atoms with E-state index in [2.05, 4.69) is 4.98 Å². The maximum absolute atomic E-state index is 10.8. The zero-order valence-electron chi connectivity index (χ0n) is 7.14. The highest BCUT2D eigenvalue weighted by Gasteiger charge is 2.12. The molecule has 0 amide bonds. The maximum atomic E-state index is 10.8. The molecule has 0 saturated carbocycles. The Morgan fingerprint density at radius 2 is 2.14 bits per heavy atom. The van der Waals surface area contributed by atoms with Crippen molar-refractivity contribution < 1.29 is 9.90 Å². The van der Waals surface area contributed by atoms with Crippen LogP contribution in [0.3, 0.4) is 0 Å². The first-order valence-corrected chi connectivity index (χ1v) is 3.86. The van der Waals surface area contributed by atoms with Gasteiger partial charge in [0, 0.05) is 5.69 Å². The van der Waals surface area contributed by atoms with Gasteiger partial charge in [0.1, 0.15) is 0 Å². The number of fused-ring (bicyclic) bond motifs is 1. The van der Waals surface area contributed by atoms with Crippen molar-refractivity contribution in [1.29, 1.82) is 0 Å². The van der Waals surface area contributed by atoms with Gasteiger partial charge in [0.25, 0.3) is 0 Å². The Hall–Kier alpha value is -2.24. The van der Waals surface area contributed by atoms with E-state index in [4.69, 9.17) is 16.6 Å². The summed E-state index contributed by atoms with van der Waals surface area (Å²) in [6, 6.07) is 4.75. The molecule has 72 valence electrons. The van der Waals surface area contributed by atoms with Gasteiger partial charge in [0.15, 0.2) is 0 Å². The Kier molecular flexibility index (Phi) is 1.57. The van der Waals surface area contributed by atoms with Crippen molar-refractivity contribution in [3.05, 3.63) is 18.2 Å². The van der Waals surface area contributed by atoms with Crippen LogP contribution in [0.2, 0.25) is 0 Å². The average Bonchev–Trinajstić information content (AvgIpc) is 2.39.